The molecule has 0 spiro atoms. The summed E-state index contributed by atoms with van der Waals surface area (Å²) in [6.07, 6.45) is 8.11. The number of rotatable bonds is 7. The monoisotopic (exact) mass is 471 g/mol. The van der Waals surface area contributed by atoms with Crippen LogP contribution in [0.5, 0.6) is 17.2 Å². The van der Waals surface area contributed by atoms with E-state index in [2.05, 4.69) is 9.72 Å². The minimum absolute atomic E-state index is 0.342. The van der Waals surface area contributed by atoms with E-state index in [1.54, 1.807) is 44.6 Å². The van der Waals surface area contributed by atoms with Gasteiger partial charge in [0, 0.05) is 17.8 Å². The van der Waals surface area contributed by atoms with Gasteiger partial charge in [0.25, 0.3) is 0 Å². The van der Waals surface area contributed by atoms with Gasteiger partial charge in [0.15, 0.2) is 11.5 Å². The van der Waals surface area contributed by atoms with Crippen LogP contribution in [0.2, 0.25) is 0 Å². The zero-order valence-electron chi connectivity index (χ0n) is 20.0. The van der Waals surface area contributed by atoms with E-state index in [1.807, 2.05) is 36.5 Å². The first-order valence-corrected chi connectivity index (χ1v) is 11.9. The van der Waals surface area contributed by atoms with Crippen LogP contribution in [0.1, 0.15) is 42.5 Å². The van der Waals surface area contributed by atoms with Gasteiger partial charge in [0.2, 0.25) is 0 Å². The fraction of sp³-hybridized carbons (Fsp3) is 0.286. The molecule has 2 aromatic heterocycles. The molecule has 0 saturated heterocycles. The lowest BCUT2D eigenvalue weighted by atomic mass is 9.95. The van der Waals surface area contributed by atoms with Gasteiger partial charge in [0.05, 0.1) is 19.8 Å². The fourth-order valence-corrected chi connectivity index (χ4v) is 4.58. The third kappa shape index (κ3) is 4.80. The van der Waals surface area contributed by atoms with Crippen LogP contribution < -0.4 is 19.5 Å². The molecule has 7 nitrogen and oxygen atoms in total. The van der Waals surface area contributed by atoms with Crippen molar-refractivity contribution in [3.05, 3.63) is 72.4 Å². The number of benzene rings is 2. The van der Waals surface area contributed by atoms with E-state index < -0.39 is 5.97 Å². The topological polar surface area (TPSA) is 74.1 Å². The molecule has 0 unspecified atom stereocenters. The van der Waals surface area contributed by atoms with E-state index in [9.17, 15) is 4.79 Å². The van der Waals surface area contributed by atoms with Gasteiger partial charge < -0.3 is 19.5 Å². The number of nitrogens with one attached hydrogen (secondary N) is 1. The Morgan fingerprint density at radius 1 is 0.943 bits per heavy atom. The normalized spacial score (nSPS) is 14.0. The summed E-state index contributed by atoms with van der Waals surface area (Å²) in [5.74, 6) is 1.87. The molecule has 1 N–H and O–H groups in total. The lowest BCUT2D eigenvalue weighted by Gasteiger charge is -2.24. The van der Waals surface area contributed by atoms with Crippen molar-refractivity contribution in [1.82, 2.24) is 9.38 Å². The second-order valence-corrected chi connectivity index (χ2v) is 8.70. The number of nitrogens with zero attached hydrogens (tertiary/aromatic N) is 2. The maximum atomic E-state index is 12.7. The van der Waals surface area contributed by atoms with Crippen molar-refractivity contribution in [2.24, 2.45) is 0 Å². The Morgan fingerprint density at radius 2 is 1.80 bits per heavy atom. The van der Waals surface area contributed by atoms with E-state index in [4.69, 9.17) is 19.2 Å². The number of pyridine rings is 1. The number of ether oxygens (including phenoxy) is 3. The van der Waals surface area contributed by atoms with Gasteiger partial charge in [-0.15, -0.1) is 0 Å². The molecule has 0 bridgehead atoms. The Balaban J connectivity index is 1.47. The average Bonchev–Trinajstić information content (AvgIpc) is 3.27. The SMILES string of the molecule is COc1cccc(C(=O)Oc2ccc(-c3nc4ccccn4c3NC3CCCCC3)cc2OC)c1. The summed E-state index contributed by atoms with van der Waals surface area (Å²) < 4.78 is 18.6. The number of carbonyl (C=O) groups excluding carboxylic acids is 1. The second kappa shape index (κ2) is 10.1. The van der Waals surface area contributed by atoms with Crippen molar-refractivity contribution in [3.8, 4) is 28.5 Å². The van der Waals surface area contributed by atoms with Gasteiger partial charge in [-0.3, -0.25) is 4.40 Å². The average molecular weight is 472 g/mol. The van der Waals surface area contributed by atoms with Gasteiger partial charge in [-0.25, -0.2) is 9.78 Å². The highest BCUT2D eigenvalue weighted by atomic mass is 16.6. The molecule has 2 aromatic carbocycles. The molecule has 1 aliphatic carbocycles. The quantitative estimate of drug-likeness (QED) is 0.264. The number of anilines is 1. The summed E-state index contributed by atoms with van der Waals surface area (Å²) in [6.45, 7) is 0. The first-order valence-electron chi connectivity index (χ1n) is 11.9. The van der Waals surface area contributed by atoms with Crippen molar-refractivity contribution in [2.75, 3.05) is 19.5 Å². The Labute approximate surface area is 204 Å². The van der Waals surface area contributed by atoms with Crippen molar-refractivity contribution >= 4 is 17.4 Å². The largest absolute Gasteiger partial charge is 0.497 e. The molecule has 0 atom stereocenters. The molecule has 1 aliphatic rings. The molecule has 7 heteroatoms. The van der Waals surface area contributed by atoms with Crippen LogP contribution in [0.4, 0.5) is 5.82 Å². The smallest absolute Gasteiger partial charge is 0.343 e. The molecule has 5 rings (SSSR count). The molecule has 0 amide bonds. The third-order valence-corrected chi connectivity index (χ3v) is 6.42. The minimum Gasteiger partial charge on any atom is -0.497 e. The Hall–Kier alpha value is -4.00. The molecule has 1 fully saturated rings. The van der Waals surface area contributed by atoms with Crippen LogP contribution >= 0.6 is 0 Å². The summed E-state index contributed by atoms with van der Waals surface area (Å²) in [6, 6.07) is 18.8. The molecular weight excluding hydrogens is 442 g/mol. The molecule has 180 valence electrons. The molecule has 0 radical (unpaired) electrons. The maximum absolute atomic E-state index is 12.7. The van der Waals surface area contributed by atoms with Gasteiger partial charge in [0.1, 0.15) is 22.9 Å². The standard InChI is InChI=1S/C28H29N3O4/c1-33-22-12-8-9-20(17-22)28(32)35-23-15-14-19(18-24(23)34-2)26-27(29-21-10-4-3-5-11-21)31-16-7-6-13-25(31)30-26/h6-9,12-18,21,29H,3-5,10-11H2,1-2H3. The molecule has 1 saturated carbocycles. The van der Waals surface area contributed by atoms with Crippen LogP contribution in [0, 0.1) is 0 Å². The summed E-state index contributed by atoms with van der Waals surface area (Å²) in [7, 11) is 3.12. The molecule has 2 heterocycles. The van der Waals surface area contributed by atoms with Crippen LogP contribution in [0.15, 0.2) is 66.9 Å². The summed E-state index contributed by atoms with van der Waals surface area (Å²) in [5, 5.41) is 3.75. The number of methoxy groups -OCH3 is 2. The predicted molar refractivity (Wildman–Crippen MR) is 136 cm³/mol. The van der Waals surface area contributed by atoms with Crippen LogP contribution in [-0.4, -0.2) is 35.6 Å². The van der Waals surface area contributed by atoms with Gasteiger partial charge in [-0.2, -0.15) is 0 Å². The highest BCUT2D eigenvalue weighted by molar-refractivity contribution is 5.92. The first-order chi connectivity index (χ1) is 17.2. The van der Waals surface area contributed by atoms with Crippen LogP contribution in [0.25, 0.3) is 16.9 Å². The van der Waals surface area contributed by atoms with Crippen molar-refractivity contribution < 1.29 is 19.0 Å². The van der Waals surface area contributed by atoms with Crippen LogP contribution in [-0.2, 0) is 0 Å². The first kappa shape index (κ1) is 22.8. The Morgan fingerprint density at radius 3 is 2.60 bits per heavy atom. The van der Waals surface area contributed by atoms with E-state index in [-0.39, 0.29) is 0 Å². The number of aromatic nitrogens is 2. The summed E-state index contributed by atoms with van der Waals surface area (Å²) >= 11 is 0. The molecule has 35 heavy (non-hydrogen) atoms. The van der Waals surface area contributed by atoms with Gasteiger partial charge in [-0.05, 0) is 61.4 Å². The second-order valence-electron chi connectivity index (χ2n) is 8.70. The maximum Gasteiger partial charge on any atom is 0.343 e. The van der Waals surface area contributed by atoms with Gasteiger partial charge in [-0.1, -0.05) is 31.4 Å². The third-order valence-electron chi connectivity index (χ3n) is 6.42. The number of fused-ring (bicyclic) bond motifs is 1. The van der Waals surface area contributed by atoms with E-state index >= 15 is 0 Å². The highest BCUT2D eigenvalue weighted by Gasteiger charge is 2.21. The number of imidazole rings is 1. The molecule has 0 aliphatic heterocycles. The molecule has 4 aromatic rings. The van der Waals surface area contributed by atoms with Crippen molar-refractivity contribution in [3.63, 3.8) is 0 Å². The zero-order valence-corrected chi connectivity index (χ0v) is 20.0. The van der Waals surface area contributed by atoms with Crippen molar-refractivity contribution in [2.45, 2.75) is 38.1 Å². The molecular formula is C28H29N3O4. The van der Waals surface area contributed by atoms with Crippen molar-refractivity contribution in [1.29, 1.82) is 0 Å². The van der Waals surface area contributed by atoms with E-state index in [1.165, 1.54) is 19.3 Å². The van der Waals surface area contributed by atoms with Gasteiger partial charge >= 0.3 is 5.97 Å². The number of hydrogen-bond donors (Lipinski definition) is 1. The van der Waals surface area contributed by atoms with Crippen LogP contribution in [0.3, 0.4) is 0 Å². The minimum atomic E-state index is -0.484. The predicted octanol–water partition coefficient (Wildman–Crippen LogP) is 5.98. The van der Waals surface area contributed by atoms with E-state index in [0.29, 0.717) is 28.9 Å². The lowest BCUT2D eigenvalue weighted by molar-refractivity contribution is 0.0729. The highest BCUT2D eigenvalue weighted by Crippen LogP contribution is 2.37. The summed E-state index contributed by atoms with van der Waals surface area (Å²) in [5.41, 5.74) is 2.99. The summed E-state index contributed by atoms with van der Waals surface area (Å²) in [4.78, 5) is 17.6. The Kier molecular flexibility index (Phi) is 6.57. The number of esters is 1. The number of carbonyl (C=O) groups is 1. The lowest BCUT2D eigenvalue weighted by Crippen LogP contribution is -2.23. The van der Waals surface area contributed by atoms with E-state index in [0.717, 1.165) is 35.6 Å². The fourth-order valence-electron chi connectivity index (χ4n) is 4.58. The Bertz CT molecular complexity index is 1340. The zero-order chi connectivity index (χ0) is 24.2. The number of hydrogen-bond acceptors (Lipinski definition) is 6.